The molecule has 4 rings (SSSR count). The van der Waals surface area contributed by atoms with Crippen LogP contribution in [0.3, 0.4) is 0 Å². The molecule has 2 aromatic heterocycles. The van der Waals surface area contributed by atoms with Gasteiger partial charge >= 0.3 is 0 Å². The number of aromatic nitrogens is 3. The summed E-state index contributed by atoms with van der Waals surface area (Å²) in [6.07, 6.45) is 1.38. The van der Waals surface area contributed by atoms with Crippen molar-refractivity contribution >= 4 is 32.4 Å². The molecule has 33 heavy (non-hydrogen) atoms. The molecular formula is C23H27F2N5O2S. The highest BCUT2D eigenvalue weighted by Crippen LogP contribution is 2.33. The van der Waals surface area contributed by atoms with Crippen LogP contribution < -0.4 is 10.2 Å². The Morgan fingerprint density at radius 2 is 1.88 bits per heavy atom. The highest BCUT2D eigenvalue weighted by molar-refractivity contribution is 7.91. The molecule has 0 amide bonds. The van der Waals surface area contributed by atoms with Crippen LogP contribution in [-0.2, 0) is 15.5 Å². The molecule has 7 nitrogen and oxygen atoms in total. The first-order valence-electron chi connectivity index (χ1n) is 10.8. The minimum atomic E-state index is -3.01. The summed E-state index contributed by atoms with van der Waals surface area (Å²) in [6.45, 7) is 7.06. The maximum atomic E-state index is 15.1. The number of anilines is 2. The summed E-state index contributed by atoms with van der Waals surface area (Å²) in [4.78, 5) is 15.2. The molecule has 0 bridgehead atoms. The number of nitrogens with one attached hydrogen (secondary N) is 1. The van der Waals surface area contributed by atoms with Crippen molar-refractivity contribution in [2.45, 2.75) is 39.4 Å². The highest BCUT2D eigenvalue weighted by Gasteiger charge is 2.27. The molecular weight excluding hydrogens is 448 g/mol. The van der Waals surface area contributed by atoms with E-state index in [4.69, 9.17) is 0 Å². The maximum absolute atomic E-state index is 15.1. The lowest BCUT2D eigenvalue weighted by Gasteiger charge is -2.30. The lowest BCUT2D eigenvalue weighted by molar-refractivity contribution is 0.213. The van der Waals surface area contributed by atoms with Gasteiger partial charge in [-0.1, -0.05) is 18.2 Å². The van der Waals surface area contributed by atoms with Crippen LogP contribution in [0.1, 0.15) is 43.6 Å². The molecule has 1 atom stereocenters. The number of pyridine rings is 1. The van der Waals surface area contributed by atoms with Gasteiger partial charge in [0.2, 0.25) is 0 Å². The van der Waals surface area contributed by atoms with E-state index in [9.17, 15) is 12.8 Å². The monoisotopic (exact) mass is 475 g/mol. The third-order valence-electron chi connectivity index (χ3n) is 5.96. The third kappa shape index (κ3) is 4.75. The Balaban J connectivity index is 1.69. The fraction of sp³-hybridized carbons (Fsp3) is 0.435. The molecule has 1 aromatic carbocycles. The van der Waals surface area contributed by atoms with E-state index in [1.54, 1.807) is 19.1 Å². The van der Waals surface area contributed by atoms with E-state index in [0.29, 0.717) is 35.5 Å². The van der Waals surface area contributed by atoms with Crippen LogP contribution in [-0.4, -0.2) is 48.0 Å². The summed E-state index contributed by atoms with van der Waals surface area (Å²) in [6, 6.07) is 6.09. The van der Waals surface area contributed by atoms with Gasteiger partial charge in [-0.25, -0.2) is 32.2 Å². The molecule has 1 saturated heterocycles. The molecule has 3 heterocycles. The van der Waals surface area contributed by atoms with Gasteiger partial charge in [-0.05, 0) is 33.8 Å². The van der Waals surface area contributed by atoms with Gasteiger partial charge in [-0.3, -0.25) is 0 Å². The molecule has 176 valence electrons. The molecule has 0 radical (unpaired) electrons. The fourth-order valence-corrected chi connectivity index (χ4v) is 5.28. The van der Waals surface area contributed by atoms with Crippen molar-refractivity contribution in [2.24, 2.45) is 0 Å². The second-order valence-electron chi connectivity index (χ2n) is 8.87. The molecule has 1 aliphatic rings. The Morgan fingerprint density at radius 3 is 2.55 bits per heavy atom. The molecule has 0 unspecified atom stereocenters. The van der Waals surface area contributed by atoms with Gasteiger partial charge in [0.25, 0.3) is 0 Å². The standard InChI is InChI=1S/C23H27F2N5O2S/c1-14(16-6-5-7-18(20(16)24)23(3,4)25)28-21-17-12-19(15(2)29-22(17)27-13-26-21)30-8-10-33(31,32)11-9-30/h5-7,12-14H,8-11H2,1-4H3,(H,26,27,28,29)/t14-/m1/s1. The number of benzene rings is 1. The summed E-state index contributed by atoms with van der Waals surface area (Å²) in [5.74, 6) is 0.0689. The van der Waals surface area contributed by atoms with Crippen LogP contribution >= 0.6 is 0 Å². The van der Waals surface area contributed by atoms with E-state index >= 15 is 4.39 Å². The van der Waals surface area contributed by atoms with Gasteiger partial charge in [0.15, 0.2) is 15.5 Å². The summed E-state index contributed by atoms with van der Waals surface area (Å²) in [7, 11) is -3.01. The number of hydrogen-bond donors (Lipinski definition) is 1. The zero-order chi connectivity index (χ0) is 24.0. The van der Waals surface area contributed by atoms with Crippen molar-refractivity contribution in [3.05, 3.63) is 53.2 Å². The largest absolute Gasteiger partial charge is 0.368 e. The zero-order valence-corrected chi connectivity index (χ0v) is 19.9. The lowest BCUT2D eigenvalue weighted by atomic mass is 9.95. The van der Waals surface area contributed by atoms with Gasteiger partial charge in [0.1, 0.15) is 23.6 Å². The summed E-state index contributed by atoms with van der Waals surface area (Å²) < 4.78 is 53.2. The molecule has 0 saturated carbocycles. The third-order valence-corrected chi connectivity index (χ3v) is 7.57. The van der Waals surface area contributed by atoms with Crippen molar-refractivity contribution in [3.8, 4) is 0 Å². The number of rotatable bonds is 5. The van der Waals surface area contributed by atoms with Crippen molar-refractivity contribution in [3.63, 3.8) is 0 Å². The molecule has 3 aromatic rings. The van der Waals surface area contributed by atoms with E-state index in [1.807, 2.05) is 17.9 Å². The number of fused-ring (bicyclic) bond motifs is 1. The molecule has 1 aliphatic heterocycles. The summed E-state index contributed by atoms with van der Waals surface area (Å²) in [5, 5.41) is 3.85. The smallest absolute Gasteiger partial charge is 0.165 e. The Labute approximate surface area is 192 Å². The van der Waals surface area contributed by atoms with Gasteiger partial charge in [0, 0.05) is 24.2 Å². The van der Waals surface area contributed by atoms with Crippen molar-refractivity contribution < 1.29 is 17.2 Å². The number of hydrogen-bond acceptors (Lipinski definition) is 7. The van der Waals surface area contributed by atoms with Crippen LogP contribution in [0, 0.1) is 12.7 Å². The maximum Gasteiger partial charge on any atom is 0.165 e. The topological polar surface area (TPSA) is 88.1 Å². The van der Waals surface area contributed by atoms with Gasteiger partial charge in [-0.15, -0.1) is 0 Å². The second kappa shape index (κ2) is 8.48. The number of alkyl halides is 1. The average Bonchev–Trinajstić information content (AvgIpc) is 2.73. The summed E-state index contributed by atoms with van der Waals surface area (Å²) in [5.41, 5.74) is 0.551. The fourth-order valence-electron chi connectivity index (χ4n) is 4.08. The first kappa shape index (κ1) is 23.3. The molecule has 1 N–H and O–H groups in total. The van der Waals surface area contributed by atoms with Gasteiger partial charge in [-0.2, -0.15) is 0 Å². The minimum Gasteiger partial charge on any atom is -0.368 e. The number of halogens is 2. The van der Waals surface area contributed by atoms with E-state index in [0.717, 1.165) is 11.4 Å². The average molecular weight is 476 g/mol. The molecule has 1 fully saturated rings. The highest BCUT2D eigenvalue weighted by atomic mass is 32.2. The first-order chi connectivity index (χ1) is 15.5. The Kier molecular flexibility index (Phi) is 5.98. The van der Waals surface area contributed by atoms with Crippen LogP contribution in [0.2, 0.25) is 0 Å². The second-order valence-corrected chi connectivity index (χ2v) is 11.2. The number of sulfone groups is 1. The Morgan fingerprint density at radius 1 is 1.18 bits per heavy atom. The number of aryl methyl sites for hydroxylation is 1. The predicted molar refractivity (Wildman–Crippen MR) is 126 cm³/mol. The normalized spacial score (nSPS) is 17.2. The van der Waals surface area contributed by atoms with E-state index in [2.05, 4.69) is 20.3 Å². The SMILES string of the molecule is Cc1nc2ncnc(N[C@H](C)c3cccc(C(C)(C)F)c3F)c2cc1N1CCS(=O)(=O)CC1. The number of nitrogens with zero attached hydrogens (tertiary/aromatic N) is 4. The van der Waals surface area contributed by atoms with Crippen LogP contribution in [0.4, 0.5) is 20.3 Å². The Hall–Kier alpha value is -2.88. The molecule has 0 aliphatic carbocycles. The summed E-state index contributed by atoms with van der Waals surface area (Å²) >= 11 is 0. The van der Waals surface area contributed by atoms with Gasteiger partial charge in [0.05, 0.1) is 34.3 Å². The molecule has 10 heteroatoms. The first-order valence-corrected chi connectivity index (χ1v) is 12.6. The van der Waals surface area contributed by atoms with Crippen LogP contribution in [0.25, 0.3) is 11.0 Å². The van der Waals surface area contributed by atoms with Crippen LogP contribution in [0.5, 0.6) is 0 Å². The van der Waals surface area contributed by atoms with Crippen molar-refractivity contribution in [1.82, 2.24) is 15.0 Å². The van der Waals surface area contributed by atoms with Crippen LogP contribution in [0.15, 0.2) is 30.6 Å². The lowest BCUT2D eigenvalue weighted by Crippen LogP contribution is -2.40. The van der Waals surface area contributed by atoms with E-state index in [1.165, 1.54) is 26.2 Å². The Bertz CT molecular complexity index is 1290. The van der Waals surface area contributed by atoms with Crippen molar-refractivity contribution in [2.75, 3.05) is 34.8 Å². The van der Waals surface area contributed by atoms with E-state index < -0.39 is 27.4 Å². The zero-order valence-electron chi connectivity index (χ0n) is 19.1. The van der Waals surface area contributed by atoms with Crippen molar-refractivity contribution in [1.29, 1.82) is 0 Å². The quantitative estimate of drug-likeness (QED) is 0.595. The molecule has 0 spiro atoms. The minimum absolute atomic E-state index is 0.000763. The predicted octanol–water partition coefficient (Wildman–Crippen LogP) is 4.08. The van der Waals surface area contributed by atoms with Gasteiger partial charge < -0.3 is 10.2 Å². The van der Waals surface area contributed by atoms with E-state index in [-0.39, 0.29) is 17.1 Å².